The maximum atomic E-state index is 12.5. The van der Waals surface area contributed by atoms with Crippen LogP contribution in [0.15, 0.2) is 83.9 Å². The molecule has 4 aromatic rings. The maximum absolute atomic E-state index is 12.5. The Labute approximate surface area is 155 Å². The summed E-state index contributed by atoms with van der Waals surface area (Å²) in [5.41, 5.74) is 3.98. The zero-order valence-corrected chi connectivity index (χ0v) is 14.4. The van der Waals surface area contributed by atoms with Crippen LogP contribution in [0.5, 0.6) is 0 Å². The molecule has 0 bridgehead atoms. The van der Waals surface area contributed by atoms with Gasteiger partial charge < -0.3 is 4.52 Å². The molecule has 6 heteroatoms. The van der Waals surface area contributed by atoms with E-state index in [1.165, 1.54) is 0 Å². The van der Waals surface area contributed by atoms with Crippen molar-refractivity contribution in [2.75, 3.05) is 5.32 Å². The van der Waals surface area contributed by atoms with E-state index in [-0.39, 0.29) is 12.3 Å². The summed E-state index contributed by atoms with van der Waals surface area (Å²) in [6, 6.07) is 16.9. The van der Waals surface area contributed by atoms with Gasteiger partial charge in [0.05, 0.1) is 12.0 Å². The monoisotopic (exact) mass is 356 g/mol. The molecule has 0 radical (unpaired) electrons. The largest absolute Gasteiger partial charge is 0.337 e. The molecule has 0 saturated heterocycles. The summed E-state index contributed by atoms with van der Waals surface area (Å²) in [7, 11) is 0. The second-order valence-corrected chi connectivity index (χ2v) is 5.92. The molecule has 0 aliphatic rings. The van der Waals surface area contributed by atoms with Crippen molar-refractivity contribution in [2.24, 2.45) is 0 Å². The lowest BCUT2D eigenvalue weighted by molar-refractivity contribution is -0.115. The van der Waals surface area contributed by atoms with E-state index in [0.29, 0.717) is 17.1 Å². The van der Waals surface area contributed by atoms with E-state index >= 15 is 0 Å². The van der Waals surface area contributed by atoms with E-state index in [1.54, 1.807) is 24.8 Å². The first-order valence-corrected chi connectivity index (χ1v) is 8.45. The number of nitrogens with zero attached hydrogens (tertiary/aromatic N) is 3. The number of anilines is 1. The molecule has 1 aromatic carbocycles. The van der Waals surface area contributed by atoms with Crippen LogP contribution in [0.3, 0.4) is 0 Å². The van der Waals surface area contributed by atoms with Gasteiger partial charge in [-0.15, -0.1) is 0 Å². The lowest BCUT2D eigenvalue weighted by Gasteiger charge is -2.06. The molecule has 0 saturated carbocycles. The fourth-order valence-corrected chi connectivity index (χ4v) is 2.82. The Balaban J connectivity index is 1.69. The summed E-state index contributed by atoms with van der Waals surface area (Å²) in [4.78, 5) is 20.6. The molecule has 0 spiro atoms. The van der Waals surface area contributed by atoms with Crippen molar-refractivity contribution < 1.29 is 9.32 Å². The molecule has 0 unspecified atom stereocenters. The van der Waals surface area contributed by atoms with Gasteiger partial charge in [0.1, 0.15) is 5.69 Å². The predicted molar refractivity (Wildman–Crippen MR) is 102 cm³/mol. The third kappa shape index (κ3) is 3.74. The molecule has 0 aliphatic heterocycles. The Kier molecular flexibility index (Phi) is 4.70. The fourth-order valence-electron chi connectivity index (χ4n) is 2.82. The van der Waals surface area contributed by atoms with Gasteiger partial charge in [0, 0.05) is 30.4 Å². The van der Waals surface area contributed by atoms with Crippen molar-refractivity contribution in [1.29, 1.82) is 0 Å². The van der Waals surface area contributed by atoms with Gasteiger partial charge in [0.25, 0.3) is 0 Å². The van der Waals surface area contributed by atoms with Crippen molar-refractivity contribution in [1.82, 2.24) is 15.1 Å². The second kappa shape index (κ2) is 7.61. The first kappa shape index (κ1) is 16.7. The SMILES string of the molecule is O=C(Cc1ccccc1)Nc1onc(-c2ccncc2)c1-c1ccncc1. The summed E-state index contributed by atoms with van der Waals surface area (Å²) < 4.78 is 5.49. The molecular weight excluding hydrogens is 340 g/mol. The maximum Gasteiger partial charge on any atom is 0.239 e. The molecule has 132 valence electrons. The average Bonchev–Trinajstić information content (AvgIpc) is 3.13. The fraction of sp³-hybridized carbons (Fsp3) is 0.0476. The van der Waals surface area contributed by atoms with Crippen molar-refractivity contribution in [2.45, 2.75) is 6.42 Å². The van der Waals surface area contributed by atoms with Gasteiger partial charge in [-0.1, -0.05) is 35.5 Å². The number of hydrogen-bond donors (Lipinski definition) is 1. The van der Waals surface area contributed by atoms with Gasteiger partial charge >= 0.3 is 0 Å². The van der Waals surface area contributed by atoms with Gasteiger partial charge in [0.2, 0.25) is 11.8 Å². The normalized spacial score (nSPS) is 10.5. The molecule has 0 aliphatic carbocycles. The smallest absolute Gasteiger partial charge is 0.239 e. The summed E-state index contributed by atoms with van der Waals surface area (Å²) in [6.45, 7) is 0. The van der Waals surface area contributed by atoms with Crippen molar-refractivity contribution in [3.8, 4) is 22.4 Å². The molecule has 1 N–H and O–H groups in total. The number of aromatic nitrogens is 3. The van der Waals surface area contributed by atoms with E-state index < -0.39 is 0 Å². The predicted octanol–water partition coefficient (Wildman–Crippen LogP) is 3.98. The molecule has 0 fully saturated rings. The Morgan fingerprint density at radius 3 is 2.15 bits per heavy atom. The zero-order chi connectivity index (χ0) is 18.5. The Bertz CT molecular complexity index is 1030. The number of rotatable bonds is 5. The average molecular weight is 356 g/mol. The minimum atomic E-state index is -0.172. The molecule has 27 heavy (non-hydrogen) atoms. The first-order chi connectivity index (χ1) is 13.3. The van der Waals surface area contributed by atoms with Gasteiger partial charge in [-0.25, -0.2) is 0 Å². The highest BCUT2D eigenvalue weighted by atomic mass is 16.5. The van der Waals surface area contributed by atoms with Crippen LogP contribution in [0.2, 0.25) is 0 Å². The van der Waals surface area contributed by atoms with Crippen LogP contribution in [0.4, 0.5) is 5.88 Å². The highest BCUT2D eigenvalue weighted by molar-refractivity contribution is 5.97. The number of carbonyl (C=O) groups is 1. The number of nitrogens with one attached hydrogen (secondary N) is 1. The summed E-state index contributed by atoms with van der Waals surface area (Å²) >= 11 is 0. The van der Waals surface area contributed by atoms with Crippen LogP contribution in [0.1, 0.15) is 5.56 Å². The highest BCUT2D eigenvalue weighted by Gasteiger charge is 2.21. The molecular formula is C21H16N4O2. The van der Waals surface area contributed by atoms with Gasteiger partial charge in [0.15, 0.2) is 0 Å². The van der Waals surface area contributed by atoms with E-state index in [2.05, 4.69) is 20.4 Å². The Hall–Kier alpha value is -3.80. The Morgan fingerprint density at radius 2 is 1.48 bits per heavy atom. The van der Waals surface area contributed by atoms with Crippen LogP contribution in [-0.2, 0) is 11.2 Å². The van der Waals surface area contributed by atoms with Crippen molar-refractivity contribution >= 4 is 11.8 Å². The molecule has 3 aromatic heterocycles. The van der Waals surface area contributed by atoms with Crippen molar-refractivity contribution in [3.63, 3.8) is 0 Å². The van der Waals surface area contributed by atoms with Crippen LogP contribution < -0.4 is 5.32 Å². The van der Waals surface area contributed by atoms with E-state index in [1.807, 2.05) is 54.6 Å². The number of amides is 1. The lowest BCUT2D eigenvalue weighted by atomic mass is 10.0. The summed E-state index contributed by atoms with van der Waals surface area (Å²) in [5.74, 6) is 0.142. The van der Waals surface area contributed by atoms with E-state index in [4.69, 9.17) is 4.52 Å². The van der Waals surface area contributed by atoms with E-state index in [0.717, 1.165) is 16.7 Å². The zero-order valence-electron chi connectivity index (χ0n) is 14.4. The van der Waals surface area contributed by atoms with Crippen LogP contribution >= 0.6 is 0 Å². The van der Waals surface area contributed by atoms with Gasteiger partial charge in [-0.3, -0.25) is 20.1 Å². The summed E-state index contributed by atoms with van der Waals surface area (Å²) in [5, 5.41) is 7.03. The third-order valence-corrected chi connectivity index (χ3v) is 4.08. The van der Waals surface area contributed by atoms with Crippen LogP contribution in [0.25, 0.3) is 22.4 Å². The highest BCUT2D eigenvalue weighted by Crippen LogP contribution is 2.37. The molecule has 3 heterocycles. The number of carbonyl (C=O) groups excluding carboxylic acids is 1. The topological polar surface area (TPSA) is 80.9 Å². The van der Waals surface area contributed by atoms with Crippen LogP contribution in [0, 0.1) is 0 Å². The minimum absolute atomic E-state index is 0.172. The second-order valence-electron chi connectivity index (χ2n) is 5.92. The Morgan fingerprint density at radius 1 is 0.852 bits per heavy atom. The standard InChI is InChI=1S/C21H16N4O2/c26-18(14-15-4-2-1-3-5-15)24-21-19(16-6-10-22-11-7-16)20(25-27-21)17-8-12-23-13-9-17/h1-13H,14H2,(H,24,26). The van der Waals surface area contributed by atoms with Crippen molar-refractivity contribution in [3.05, 3.63) is 84.9 Å². The van der Waals surface area contributed by atoms with Gasteiger partial charge in [-0.2, -0.15) is 0 Å². The summed E-state index contributed by atoms with van der Waals surface area (Å²) in [6.07, 6.45) is 7.01. The molecule has 4 rings (SSSR count). The quantitative estimate of drug-likeness (QED) is 0.585. The minimum Gasteiger partial charge on any atom is -0.337 e. The first-order valence-electron chi connectivity index (χ1n) is 8.45. The third-order valence-electron chi connectivity index (χ3n) is 4.08. The van der Waals surface area contributed by atoms with Crippen LogP contribution in [-0.4, -0.2) is 21.0 Å². The van der Waals surface area contributed by atoms with Gasteiger partial charge in [-0.05, 0) is 35.4 Å². The number of benzene rings is 1. The molecule has 0 atom stereocenters. The lowest BCUT2D eigenvalue weighted by Crippen LogP contribution is -2.14. The molecule has 6 nitrogen and oxygen atoms in total. The molecule has 1 amide bonds. The number of hydrogen-bond acceptors (Lipinski definition) is 5. The number of pyridine rings is 2. The van der Waals surface area contributed by atoms with E-state index in [9.17, 15) is 4.79 Å².